The van der Waals surface area contributed by atoms with Crippen LogP contribution in [0.15, 0.2) is 46.3 Å². The van der Waals surface area contributed by atoms with Gasteiger partial charge in [-0.15, -0.1) is 11.3 Å². The summed E-state index contributed by atoms with van der Waals surface area (Å²) < 4.78 is 8.23. The molecule has 0 saturated carbocycles. The average Bonchev–Trinajstić information content (AvgIpc) is 3.17. The molecular weight excluding hydrogens is 414 g/mol. The third kappa shape index (κ3) is 3.66. The topological polar surface area (TPSA) is 48.3 Å². The molecule has 6 heteroatoms. The van der Waals surface area contributed by atoms with E-state index in [1.165, 1.54) is 11.3 Å². The molecule has 0 amide bonds. The van der Waals surface area contributed by atoms with Crippen molar-refractivity contribution < 1.29 is 14.3 Å². The molecule has 0 bridgehead atoms. The molecule has 0 unspecified atom stereocenters. The van der Waals surface area contributed by atoms with Crippen molar-refractivity contribution in [1.29, 1.82) is 0 Å². The summed E-state index contributed by atoms with van der Waals surface area (Å²) in [6, 6.07) is 11.6. The second-order valence-electron chi connectivity index (χ2n) is 6.03. The van der Waals surface area contributed by atoms with Gasteiger partial charge < -0.3 is 9.30 Å². The van der Waals surface area contributed by atoms with E-state index in [1.807, 2.05) is 67.1 Å². The quantitative estimate of drug-likeness (QED) is 0.408. The summed E-state index contributed by atoms with van der Waals surface area (Å²) in [6.07, 6.45) is 0. The minimum absolute atomic E-state index is 0.205. The highest BCUT2D eigenvalue weighted by atomic mass is 79.9. The Kier molecular flexibility index (Phi) is 5.44. The highest BCUT2D eigenvalue weighted by Crippen LogP contribution is 2.23. The van der Waals surface area contributed by atoms with Crippen molar-refractivity contribution in [2.24, 2.45) is 0 Å². The molecule has 134 valence electrons. The van der Waals surface area contributed by atoms with Crippen molar-refractivity contribution in [2.45, 2.75) is 20.8 Å². The molecule has 26 heavy (non-hydrogen) atoms. The predicted octanol–water partition coefficient (Wildman–Crippen LogP) is 5.27. The standard InChI is InChI=1S/C20H18BrNO3S/c1-12-8-9-26-19(12)20(24)25-11-18(23)17-10-13(2)22(14(17)3)16-6-4-15(21)5-7-16/h4-10H,11H2,1-3H3. The molecule has 0 saturated heterocycles. The first-order chi connectivity index (χ1) is 12.4. The summed E-state index contributed by atoms with van der Waals surface area (Å²) in [5, 5.41) is 1.83. The molecule has 0 radical (unpaired) electrons. The van der Waals surface area contributed by atoms with Gasteiger partial charge in [0.15, 0.2) is 6.61 Å². The van der Waals surface area contributed by atoms with E-state index >= 15 is 0 Å². The van der Waals surface area contributed by atoms with E-state index in [0.29, 0.717) is 10.4 Å². The molecule has 0 N–H and O–H groups in total. The lowest BCUT2D eigenvalue weighted by Gasteiger charge is -2.10. The van der Waals surface area contributed by atoms with Gasteiger partial charge in [0.25, 0.3) is 0 Å². The second-order valence-corrected chi connectivity index (χ2v) is 7.86. The van der Waals surface area contributed by atoms with Crippen molar-refractivity contribution in [3.8, 4) is 5.69 Å². The number of aromatic nitrogens is 1. The Bertz CT molecular complexity index is 970. The summed E-state index contributed by atoms with van der Waals surface area (Å²) in [6.45, 7) is 5.43. The summed E-state index contributed by atoms with van der Waals surface area (Å²) in [5.74, 6) is -0.656. The van der Waals surface area contributed by atoms with Gasteiger partial charge in [-0.3, -0.25) is 4.79 Å². The minimum atomic E-state index is -0.451. The van der Waals surface area contributed by atoms with E-state index in [1.54, 1.807) is 0 Å². The van der Waals surface area contributed by atoms with Crippen molar-refractivity contribution in [3.63, 3.8) is 0 Å². The van der Waals surface area contributed by atoms with E-state index in [4.69, 9.17) is 4.74 Å². The number of thiophene rings is 1. The third-order valence-corrected chi connectivity index (χ3v) is 5.72. The monoisotopic (exact) mass is 431 g/mol. The Morgan fingerprint density at radius 2 is 1.81 bits per heavy atom. The molecule has 2 heterocycles. The summed E-state index contributed by atoms with van der Waals surface area (Å²) in [5.41, 5.74) is 4.20. The van der Waals surface area contributed by atoms with Gasteiger partial charge in [0.1, 0.15) is 4.88 Å². The smallest absolute Gasteiger partial charge is 0.349 e. The fourth-order valence-corrected chi connectivity index (χ4v) is 3.97. The number of carbonyl (C=O) groups excluding carboxylic acids is 2. The summed E-state index contributed by atoms with van der Waals surface area (Å²) >= 11 is 4.75. The van der Waals surface area contributed by atoms with Crippen LogP contribution in [0.3, 0.4) is 0 Å². The Labute approximate surface area is 164 Å². The van der Waals surface area contributed by atoms with E-state index in [9.17, 15) is 9.59 Å². The SMILES string of the molecule is Cc1ccsc1C(=O)OCC(=O)c1cc(C)n(-c2ccc(Br)cc2)c1C. The number of aryl methyl sites for hydroxylation is 2. The Morgan fingerprint density at radius 3 is 2.42 bits per heavy atom. The van der Waals surface area contributed by atoms with Crippen LogP contribution in [0.5, 0.6) is 0 Å². The lowest BCUT2D eigenvalue weighted by molar-refractivity contribution is 0.0478. The van der Waals surface area contributed by atoms with Crippen molar-refractivity contribution in [2.75, 3.05) is 6.61 Å². The second kappa shape index (κ2) is 7.60. The number of hydrogen-bond acceptors (Lipinski definition) is 4. The fraction of sp³-hybridized carbons (Fsp3) is 0.200. The molecule has 2 aromatic heterocycles. The number of hydrogen-bond donors (Lipinski definition) is 0. The van der Waals surface area contributed by atoms with Crippen LogP contribution in [0.1, 0.15) is 37.0 Å². The van der Waals surface area contributed by atoms with Gasteiger partial charge in [0.2, 0.25) is 5.78 Å². The Morgan fingerprint density at radius 1 is 1.12 bits per heavy atom. The van der Waals surface area contributed by atoms with E-state index < -0.39 is 5.97 Å². The van der Waals surface area contributed by atoms with Gasteiger partial charge in [-0.1, -0.05) is 15.9 Å². The molecule has 0 aliphatic rings. The van der Waals surface area contributed by atoms with Crippen LogP contribution < -0.4 is 0 Å². The van der Waals surface area contributed by atoms with Crippen LogP contribution in [-0.4, -0.2) is 22.9 Å². The van der Waals surface area contributed by atoms with Crippen molar-refractivity contribution >= 4 is 39.0 Å². The Balaban J connectivity index is 1.78. The molecule has 4 nitrogen and oxygen atoms in total. The largest absolute Gasteiger partial charge is 0.453 e. The minimum Gasteiger partial charge on any atom is -0.453 e. The fourth-order valence-electron chi connectivity index (χ4n) is 2.89. The van der Waals surface area contributed by atoms with Gasteiger partial charge >= 0.3 is 5.97 Å². The zero-order valence-corrected chi connectivity index (χ0v) is 17.1. The highest BCUT2D eigenvalue weighted by molar-refractivity contribution is 9.10. The number of carbonyl (C=O) groups is 2. The third-order valence-electron chi connectivity index (χ3n) is 4.20. The van der Waals surface area contributed by atoms with Crippen LogP contribution in [0.2, 0.25) is 0 Å². The van der Waals surface area contributed by atoms with Crippen LogP contribution in [-0.2, 0) is 4.74 Å². The van der Waals surface area contributed by atoms with Gasteiger partial charge in [0.05, 0.1) is 0 Å². The lowest BCUT2D eigenvalue weighted by atomic mass is 10.1. The maximum Gasteiger partial charge on any atom is 0.349 e. The number of esters is 1. The van der Waals surface area contributed by atoms with Crippen molar-refractivity contribution in [1.82, 2.24) is 4.57 Å². The highest BCUT2D eigenvalue weighted by Gasteiger charge is 2.19. The molecule has 0 spiro atoms. The van der Waals surface area contributed by atoms with E-state index in [-0.39, 0.29) is 12.4 Å². The van der Waals surface area contributed by atoms with Gasteiger partial charge in [-0.05, 0) is 68.1 Å². The molecule has 0 atom stereocenters. The van der Waals surface area contributed by atoms with Crippen LogP contribution in [0.25, 0.3) is 5.69 Å². The van der Waals surface area contributed by atoms with E-state index in [0.717, 1.165) is 27.1 Å². The number of benzene rings is 1. The summed E-state index contributed by atoms with van der Waals surface area (Å²) in [4.78, 5) is 25.2. The maximum atomic E-state index is 12.6. The number of ether oxygens (including phenoxy) is 1. The molecule has 3 aromatic rings. The molecule has 1 aromatic carbocycles. The molecule has 0 aliphatic heterocycles. The normalized spacial score (nSPS) is 10.8. The summed E-state index contributed by atoms with van der Waals surface area (Å²) in [7, 11) is 0. The van der Waals surface area contributed by atoms with Gasteiger partial charge in [-0.2, -0.15) is 0 Å². The number of Topliss-reactive ketones (excluding diaryl/α,β-unsaturated/α-hetero) is 1. The molecule has 0 fully saturated rings. The first kappa shape index (κ1) is 18.6. The van der Waals surface area contributed by atoms with Gasteiger partial charge in [0, 0.05) is 27.1 Å². The molecular formula is C20H18BrNO3S. The van der Waals surface area contributed by atoms with Gasteiger partial charge in [-0.25, -0.2) is 4.79 Å². The average molecular weight is 432 g/mol. The zero-order chi connectivity index (χ0) is 18.8. The maximum absolute atomic E-state index is 12.6. The lowest BCUT2D eigenvalue weighted by Crippen LogP contribution is -2.14. The van der Waals surface area contributed by atoms with E-state index in [2.05, 4.69) is 15.9 Å². The number of rotatable bonds is 5. The number of halogens is 1. The van der Waals surface area contributed by atoms with Crippen molar-refractivity contribution in [3.05, 3.63) is 73.6 Å². The number of nitrogens with zero attached hydrogens (tertiary/aromatic N) is 1. The van der Waals surface area contributed by atoms with Crippen LogP contribution in [0, 0.1) is 20.8 Å². The first-order valence-electron chi connectivity index (χ1n) is 8.07. The Hall–Kier alpha value is -2.18. The first-order valence-corrected chi connectivity index (χ1v) is 9.75. The molecule has 3 rings (SSSR count). The number of ketones is 1. The van der Waals surface area contributed by atoms with Crippen LogP contribution >= 0.6 is 27.3 Å². The zero-order valence-electron chi connectivity index (χ0n) is 14.7. The molecule has 0 aliphatic carbocycles. The predicted molar refractivity (Wildman–Crippen MR) is 107 cm³/mol. The van der Waals surface area contributed by atoms with Crippen LogP contribution in [0.4, 0.5) is 0 Å².